The first kappa shape index (κ1) is 12.8. The second-order valence-electron chi connectivity index (χ2n) is 4.67. The van der Waals surface area contributed by atoms with Crippen molar-refractivity contribution in [1.82, 2.24) is 9.97 Å². The molecule has 4 nitrogen and oxygen atoms in total. The van der Waals surface area contributed by atoms with Gasteiger partial charge in [0.25, 0.3) is 0 Å². The minimum absolute atomic E-state index is 0.200. The van der Waals surface area contributed by atoms with Gasteiger partial charge in [-0.25, -0.2) is 4.98 Å². The summed E-state index contributed by atoms with van der Waals surface area (Å²) in [6, 6.07) is 16.0. The van der Waals surface area contributed by atoms with Crippen LogP contribution in [0.1, 0.15) is 23.1 Å². The zero-order valence-electron chi connectivity index (χ0n) is 11.3. The summed E-state index contributed by atoms with van der Waals surface area (Å²) in [7, 11) is 1.69. The van der Waals surface area contributed by atoms with Gasteiger partial charge in [-0.2, -0.15) is 0 Å². The molecule has 1 atom stereocenters. The Morgan fingerprint density at radius 1 is 1.15 bits per heavy atom. The lowest BCUT2D eigenvalue weighted by atomic mass is 10.1. The molecular weight excluding hydrogens is 250 g/mol. The van der Waals surface area contributed by atoms with Crippen LogP contribution in [0.3, 0.4) is 0 Å². The number of para-hydroxylation sites is 1. The highest BCUT2D eigenvalue weighted by atomic mass is 16.5. The normalized spacial score (nSPS) is 12.7. The summed E-state index contributed by atoms with van der Waals surface area (Å²) < 4.78 is 5.60. The molecule has 2 aromatic carbocycles. The van der Waals surface area contributed by atoms with E-state index >= 15 is 0 Å². The van der Waals surface area contributed by atoms with E-state index in [2.05, 4.69) is 9.97 Å². The van der Waals surface area contributed by atoms with E-state index in [-0.39, 0.29) is 6.10 Å². The molecule has 0 aliphatic rings. The van der Waals surface area contributed by atoms with E-state index in [1.165, 1.54) is 0 Å². The minimum atomic E-state index is -0.200. The summed E-state index contributed by atoms with van der Waals surface area (Å²) in [6.07, 6.45) is -0.200. The van der Waals surface area contributed by atoms with E-state index in [1.807, 2.05) is 48.5 Å². The molecule has 0 amide bonds. The molecule has 3 rings (SSSR count). The number of nitrogens with zero attached hydrogens (tertiary/aromatic N) is 1. The molecular formula is C16H17N3O. The Morgan fingerprint density at radius 3 is 2.65 bits per heavy atom. The molecule has 0 fully saturated rings. The smallest absolute Gasteiger partial charge is 0.141 e. The second kappa shape index (κ2) is 5.45. The fourth-order valence-electron chi connectivity index (χ4n) is 2.43. The molecule has 102 valence electrons. The summed E-state index contributed by atoms with van der Waals surface area (Å²) in [6.45, 7) is 0.477. The summed E-state index contributed by atoms with van der Waals surface area (Å²) in [4.78, 5) is 8.00. The highest BCUT2D eigenvalue weighted by molar-refractivity contribution is 5.79. The molecule has 3 N–H and O–H groups in total. The Bertz CT molecular complexity index is 706. The molecule has 0 bridgehead atoms. The SMILES string of the molecule is COC(c1ccccc1)c1nc2c(CN)cccc2[nH]1. The van der Waals surface area contributed by atoms with Crippen molar-refractivity contribution in [3.05, 3.63) is 65.5 Å². The number of methoxy groups -OCH3 is 1. The lowest BCUT2D eigenvalue weighted by molar-refractivity contribution is 0.130. The van der Waals surface area contributed by atoms with Gasteiger partial charge >= 0.3 is 0 Å². The maximum absolute atomic E-state index is 5.76. The Hall–Kier alpha value is -2.17. The third-order valence-electron chi connectivity index (χ3n) is 3.42. The zero-order valence-corrected chi connectivity index (χ0v) is 11.3. The van der Waals surface area contributed by atoms with Gasteiger partial charge in [0, 0.05) is 13.7 Å². The van der Waals surface area contributed by atoms with E-state index in [0.717, 1.165) is 28.0 Å². The van der Waals surface area contributed by atoms with E-state index < -0.39 is 0 Å². The van der Waals surface area contributed by atoms with Crippen LogP contribution in [0.15, 0.2) is 48.5 Å². The highest BCUT2D eigenvalue weighted by Crippen LogP contribution is 2.26. The first-order valence-corrected chi connectivity index (χ1v) is 6.59. The van der Waals surface area contributed by atoms with Gasteiger partial charge in [0.05, 0.1) is 11.0 Å². The Labute approximate surface area is 117 Å². The van der Waals surface area contributed by atoms with Crippen LogP contribution >= 0.6 is 0 Å². The lowest BCUT2D eigenvalue weighted by Crippen LogP contribution is -2.05. The van der Waals surface area contributed by atoms with Crippen LogP contribution in [0.2, 0.25) is 0 Å². The number of rotatable bonds is 4. The number of nitrogens with two attached hydrogens (primary N) is 1. The molecule has 3 aromatic rings. The minimum Gasteiger partial charge on any atom is -0.369 e. The van der Waals surface area contributed by atoms with Crippen molar-refractivity contribution < 1.29 is 4.74 Å². The number of imidazole rings is 1. The average molecular weight is 267 g/mol. The van der Waals surface area contributed by atoms with Crippen LogP contribution in [0, 0.1) is 0 Å². The maximum Gasteiger partial charge on any atom is 0.141 e. The number of hydrogen-bond acceptors (Lipinski definition) is 3. The van der Waals surface area contributed by atoms with Crippen molar-refractivity contribution in [2.24, 2.45) is 5.73 Å². The Balaban J connectivity index is 2.09. The Kier molecular flexibility index (Phi) is 3.50. The number of ether oxygens (including phenoxy) is 1. The molecule has 1 unspecified atom stereocenters. The maximum atomic E-state index is 5.76. The van der Waals surface area contributed by atoms with Gasteiger partial charge < -0.3 is 15.5 Å². The fraction of sp³-hybridized carbons (Fsp3) is 0.188. The lowest BCUT2D eigenvalue weighted by Gasteiger charge is -2.12. The van der Waals surface area contributed by atoms with Gasteiger partial charge in [-0.05, 0) is 17.2 Å². The number of fused-ring (bicyclic) bond motifs is 1. The van der Waals surface area contributed by atoms with Crippen LogP contribution in [0.25, 0.3) is 11.0 Å². The molecule has 0 aliphatic carbocycles. The quantitative estimate of drug-likeness (QED) is 0.764. The van der Waals surface area contributed by atoms with Gasteiger partial charge in [-0.3, -0.25) is 0 Å². The molecule has 20 heavy (non-hydrogen) atoms. The molecule has 1 heterocycles. The number of benzene rings is 2. The highest BCUT2D eigenvalue weighted by Gasteiger charge is 2.17. The predicted octanol–water partition coefficient (Wildman–Crippen LogP) is 2.76. The summed E-state index contributed by atoms with van der Waals surface area (Å²) >= 11 is 0. The standard InChI is InChI=1S/C16H17N3O/c1-20-15(11-6-3-2-4-7-11)16-18-13-9-5-8-12(10-17)14(13)19-16/h2-9,15H,10,17H2,1H3,(H,18,19). The number of nitrogens with one attached hydrogen (secondary N) is 1. The van der Waals surface area contributed by atoms with Gasteiger partial charge in [-0.1, -0.05) is 42.5 Å². The molecule has 1 aromatic heterocycles. The van der Waals surface area contributed by atoms with E-state index in [1.54, 1.807) is 7.11 Å². The van der Waals surface area contributed by atoms with Crippen molar-refractivity contribution in [1.29, 1.82) is 0 Å². The number of aromatic nitrogens is 2. The topological polar surface area (TPSA) is 63.9 Å². The summed E-state index contributed by atoms with van der Waals surface area (Å²) in [5, 5.41) is 0. The van der Waals surface area contributed by atoms with Crippen LogP contribution < -0.4 is 5.73 Å². The van der Waals surface area contributed by atoms with Gasteiger partial charge in [0.1, 0.15) is 11.9 Å². The predicted molar refractivity (Wildman–Crippen MR) is 79.3 cm³/mol. The van der Waals surface area contributed by atoms with E-state index in [0.29, 0.717) is 6.54 Å². The monoisotopic (exact) mass is 267 g/mol. The van der Waals surface area contributed by atoms with Crippen molar-refractivity contribution in [3.8, 4) is 0 Å². The van der Waals surface area contributed by atoms with Crippen molar-refractivity contribution in [2.75, 3.05) is 7.11 Å². The molecule has 4 heteroatoms. The summed E-state index contributed by atoms with van der Waals surface area (Å²) in [5.74, 6) is 0.801. The number of H-pyrrole nitrogens is 1. The first-order valence-electron chi connectivity index (χ1n) is 6.59. The molecule has 0 saturated heterocycles. The molecule has 0 saturated carbocycles. The third kappa shape index (κ3) is 2.19. The molecule has 0 aliphatic heterocycles. The first-order chi connectivity index (χ1) is 9.83. The zero-order chi connectivity index (χ0) is 13.9. The van der Waals surface area contributed by atoms with Crippen LogP contribution in [-0.4, -0.2) is 17.1 Å². The number of aromatic amines is 1. The fourth-order valence-corrected chi connectivity index (χ4v) is 2.43. The van der Waals surface area contributed by atoms with Crippen molar-refractivity contribution in [2.45, 2.75) is 12.6 Å². The molecule has 0 radical (unpaired) electrons. The Morgan fingerprint density at radius 2 is 1.95 bits per heavy atom. The van der Waals surface area contributed by atoms with Crippen LogP contribution in [0.5, 0.6) is 0 Å². The number of hydrogen-bond donors (Lipinski definition) is 2. The van der Waals surface area contributed by atoms with Crippen molar-refractivity contribution in [3.63, 3.8) is 0 Å². The van der Waals surface area contributed by atoms with Crippen molar-refractivity contribution >= 4 is 11.0 Å². The third-order valence-corrected chi connectivity index (χ3v) is 3.42. The van der Waals surface area contributed by atoms with E-state index in [4.69, 9.17) is 10.5 Å². The van der Waals surface area contributed by atoms with Gasteiger partial charge in [-0.15, -0.1) is 0 Å². The molecule has 0 spiro atoms. The second-order valence-corrected chi connectivity index (χ2v) is 4.67. The summed E-state index contributed by atoms with van der Waals surface area (Å²) in [5.41, 5.74) is 9.77. The average Bonchev–Trinajstić information content (AvgIpc) is 2.92. The van der Waals surface area contributed by atoms with Crippen LogP contribution in [-0.2, 0) is 11.3 Å². The van der Waals surface area contributed by atoms with E-state index in [9.17, 15) is 0 Å². The van der Waals surface area contributed by atoms with Gasteiger partial charge in [0.2, 0.25) is 0 Å². The van der Waals surface area contributed by atoms with Crippen LogP contribution in [0.4, 0.5) is 0 Å². The van der Waals surface area contributed by atoms with Gasteiger partial charge in [0.15, 0.2) is 0 Å². The largest absolute Gasteiger partial charge is 0.369 e.